The summed E-state index contributed by atoms with van der Waals surface area (Å²) in [5.74, 6) is -0.306. The van der Waals surface area contributed by atoms with Crippen LogP contribution in [0.1, 0.15) is 74.0 Å². The lowest BCUT2D eigenvalue weighted by molar-refractivity contribution is -0.127. The van der Waals surface area contributed by atoms with Crippen molar-refractivity contribution in [1.82, 2.24) is 15.1 Å². The second kappa shape index (κ2) is 9.92. The van der Waals surface area contributed by atoms with E-state index in [2.05, 4.69) is 36.5 Å². The number of anilines is 1. The molecule has 0 saturated heterocycles. The number of aromatic nitrogens is 2. The molecule has 36 heavy (non-hydrogen) atoms. The van der Waals surface area contributed by atoms with E-state index in [1.54, 1.807) is 9.58 Å². The van der Waals surface area contributed by atoms with Gasteiger partial charge in [-0.1, -0.05) is 75.1 Å². The summed E-state index contributed by atoms with van der Waals surface area (Å²) >= 11 is 0. The largest absolute Gasteiger partial charge is 0.351 e. The number of amides is 2. The number of carbonyl (C=O) groups is 2. The summed E-state index contributed by atoms with van der Waals surface area (Å²) in [7, 11) is 0. The molecule has 2 aliphatic rings. The van der Waals surface area contributed by atoms with Gasteiger partial charge in [-0.25, -0.2) is 0 Å². The van der Waals surface area contributed by atoms with Gasteiger partial charge < -0.3 is 5.32 Å². The van der Waals surface area contributed by atoms with Crippen LogP contribution in [-0.4, -0.2) is 33.2 Å². The summed E-state index contributed by atoms with van der Waals surface area (Å²) < 4.78 is 1.73. The van der Waals surface area contributed by atoms with Gasteiger partial charge in [0.25, 0.3) is 5.91 Å². The lowest BCUT2D eigenvalue weighted by Gasteiger charge is -2.44. The zero-order valence-electron chi connectivity index (χ0n) is 21.6. The van der Waals surface area contributed by atoms with Crippen molar-refractivity contribution in [2.24, 2.45) is 0 Å². The van der Waals surface area contributed by atoms with E-state index in [0.29, 0.717) is 12.2 Å². The molecule has 188 valence electrons. The number of carbonyl (C=O) groups excluding carboxylic acids is 2. The van der Waals surface area contributed by atoms with Crippen LogP contribution in [0.25, 0.3) is 11.3 Å². The summed E-state index contributed by atoms with van der Waals surface area (Å²) in [5, 5.41) is 8.12. The fraction of sp³-hybridized carbons (Fsp3) is 0.433. The van der Waals surface area contributed by atoms with Crippen LogP contribution in [0.5, 0.6) is 0 Å². The van der Waals surface area contributed by atoms with Crippen LogP contribution in [0, 0.1) is 6.92 Å². The van der Waals surface area contributed by atoms with Gasteiger partial charge in [0.1, 0.15) is 11.2 Å². The van der Waals surface area contributed by atoms with Gasteiger partial charge >= 0.3 is 0 Å². The first kappa shape index (κ1) is 24.3. The van der Waals surface area contributed by atoms with E-state index in [-0.39, 0.29) is 17.9 Å². The Labute approximate surface area is 213 Å². The first-order chi connectivity index (χ1) is 17.4. The van der Waals surface area contributed by atoms with Gasteiger partial charge in [-0.15, -0.1) is 0 Å². The standard InChI is InChI=1S/C30H36N4O2/c1-4-22-15-17-23(18-16-22)25-19-27-28(35)34(26-14-10-9-11-21(26)2)30(3,20-33(27)32-25)29(36)31-24-12-7-5-6-8-13-24/h9-11,14-19,24H,4-8,12-13,20H2,1-3H3,(H,31,36). The molecule has 0 radical (unpaired) electrons. The normalized spacial score (nSPS) is 20.6. The molecular weight excluding hydrogens is 448 g/mol. The number of hydrogen-bond acceptors (Lipinski definition) is 3. The van der Waals surface area contributed by atoms with Crippen molar-refractivity contribution in [3.8, 4) is 11.3 Å². The molecule has 1 atom stereocenters. The molecule has 1 saturated carbocycles. The zero-order valence-corrected chi connectivity index (χ0v) is 21.6. The second-order valence-corrected chi connectivity index (χ2v) is 10.5. The minimum atomic E-state index is -1.10. The second-order valence-electron chi connectivity index (χ2n) is 10.5. The molecule has 1 aliphatic heterocycles. The Kier molecular flexibility index (Phi) is 6.69. The molecule has 5 rings (SSSR count). The Hall–Kier alpha value is -3.41. The highest BCUT2D eigenvalue weighted by molar-refractivity contribution is 6.12. The van der Waals surface area contributed by atoms with E-state index in [4.69, 9.17) is 5.10 Å². The molecule has 6 nitrogen and oxygen atoms in total. The maximum Gasteiger partial charge on any atom is 0.277 e. The summed E-state index contributed by atoms with van der Waals surface area (Å²) in [5.41, 5.74) is 4.11. The Morgan fingerprint density at radius 2 is 1.75 bits per heavy atom. The van der Waals surface area contributed by atoms with Crippen molar-refractivity contribution in [2.75, 3.05) is 4.90 Å². The average Bonchev–Trinajstić information content (AvgIpc) is 3.13. The van der Waals surface area contributed by atoms with E-state index >= 15 is 0 Å². The summed E-state index contributed by atoms with van der Waals surface area (Å²) in [6.07, 6.45) is 7.65. The molecule has 3 aromatic rings. The molecule has 2 aromatic carbocycles. The van der Waals surface area contributed by atoms with Crippen molar-refractivity contribution < 1.29 is 9.59 Å². The van der Waals surface area contributed by atoms with Gasteiger partial charge in [0.2, 0.25) is 5.91 Å². The van der Waals surface area contributed by atoms with Crippen molar-refractivity contribution in [3.63, 3.8) is 0 Å². The van der Waals surface area contributed by atoms with E-state index in [1.807, 2.05) is 44.2 Å². The smallest absolute Gasteiger partial charge is 0.277 e. The molecule has 1 aromatic heterocycles. The number of nitrogens with zero attached hydrogens (tertiary/aromatic N) is 3. The molecule has 0 bridgehead atoms. The van der Waals surface area contributed by atoms with Crippen LogP contribution in [0.3, 0.4) is 0 Å². The third-order valence-corrected chi connectivity index (χ3v) is 7.85. The lowest BCUT2D eigenvalue weighted by Crippen LogP contribution is -2.65. The third kappa shape index (κ3) is 4.45. The maximum atomic E-state index is 14.1. The van der Waals surface area contributed by atoms with Crippen molar-refractivity contribution >= 4 is 17.5 Å². The number of para-hydroxylation sites is 1. The number of rotatable bonds is 5. The first-order valence-corrected chi connectivity index (χ1v) is 13.3. The van der Waals surface area contributed by atoms with Gasteiger partial charge in [-0.05, 0) is 56.4 Å². The molecule has 6 heteroatoms. The van der Waals surface area contributed by atoms with Crippen LogP contribution < -0.4 is 10.2 Å². The highest BCUT2D eigenvalue weighted by Gasteiger charge is 2.49. The zero-order chi connectivity index (χ0) is 25.3. The van der Waals surface area contributed by atoms with E-state index < -0.39 is 5.54 Å². The number of benzene rings is 2. The van der Waals surface area contributed by atoms with Gasteiger partial charge in [0.15, 0.2) is 0 Å². The van der Waals surface area contributed by atoms with Crippen LogP contribution in [-0.2, 0) is 17.8 Å². The van der Waals surface area contributed by atoms with E-state index in [9.17, 15) is 9.59 Å². The fourth-order valence-electron chi connectivity index (χ4n) is 5.59. The number of fused-ring (bicyclic) bond motifs is 1. The Balaban J connectivity index is 1.54. The lowest BCUT2D eigenvalue weighted by atomic mass is 9.92. The van der Waals surface area contributed by atoms with Gasteiger partial charge in [-0.2, -0.15) is 5.10 Å². The molecule has 1 aliphatic carbocycles. The van der Waals surface area contributed by atoms with Crippen LogP contribution in [0.15, 0.2) is 54.6 Å². The van der Waals surface area contributed by atoms with Crippen molar-refractivity contribution in [1.29, 1.82) is 0 Å². The third-order valence-electron chi connectivity index (χ3n) is 7.85. The molecule has 2 amide bonds. The molecule has 0 spiro atoms. The predicted molar refractivity (Wildman–Crippen MR) is 143 cm³/mol. The Morgan fingerprint density at radius 3 is 2.42 bits per heavy atom. The maximum absolute atomic E-state index is 14.1. The molecular formula is C30H36N4O2. The highest BCUT2D eigenvalue weighted by Crippen LogP contribution is 2.36. The van der Waals surface area contributed by atoms with E-state index in [0.717, 1.165) is 54.6 Å². The average molecular weight is 485 g/mol. The summed E-state index contributed by atoms with van der Waals surface area (Å²) in [6, 6.07) is 18.1. The minimum absolute atomic E-state index is 0.110. The number of hydrogen-bond donors (Lipinski definition) is 1. The van der Waals surface area contributed by atoms with Gasteiger partial charge in [-0.3, -0.25) is 19.2 Å². The van der Waals surface area contributed by atoms with Crippen LogP contribution >= 0.6 is 0 Å². The summed E-state index contributed by atoms with van der Waals surface area (Å²) in [6.45, 7) is 6.29. The number of nitrogens with one attached hydrogen (secondary N) is 1. The topological polar surface area (TPSA) is 67.2 Å². The fourth-order valence-corrected chi connectivity index (χ4v) is 5.59. The van der Waals surface area contributed by atoms with Crippen molar-refractivity contribution in [3.05, 3.63) is 71.4 Å². The van der Waals surface area contributed by atoms with Gasteiger partial charge in [0.05, 0.1) is 12.2 Å². The SMILES string of the molecule is CCc1ccc(-c2cc3n(n2)CC(C)(C(=O)NC2CCCCCC2)N(c2ccccc2C)C3=O)cc1. The molecule has 1 unspecified atom stereocenters. The monoisotopic (exact) mass is 484 g/mol. The molecule has 1 fully saturated rings. The Morgan fingerprint density at radius 1 is 1.06 bits per heavy atom. The van der Waals surface area contributed by atoms with Gasteiger partial charge in [0, 0.05) is 17.3 Å². The quantitative estimate of drug-likeness (QED) is 0.474. The predicted octanol–water partition coefficient (Wildman–Crippen LogP) is 5.68. The Bertz CT molecular complexity index is 1250. The van der Waals surface area contributed by atoms with E-state index in [1.165, 1.54) is 18.4 Å². The van der Waals surface area contributed by atoms with Crippen LogP contribution in [0.4, 0.5) is 5.69 Å². The number of aryl methyl sites for hydroxylation is 2. The molecule has 2 heterocycles. The minimum Gasteiger partial charge on any atom is -0.351 e. The highest BCUT2D eigenvalue weighted by atomic mass is 16.2. The van der Waals surface area contributed by atoms with Crippen LogP contribution in [0.2, 0.25) is 0 Å². The molecule has 1 N–H and O–H groups in total. The summed E-state index contributed by atoms with van der Waals surface area (Å²) in [4.78, 5) is 29.7. The first-order valence-electron chi connectivity index (χ1n) is 13.3. The van der Waals surface area contributed by atoms with Crippen molar-refractivity contribution in [2.45, 2.75) is 83.8 Å².